The van der Waals surface area contributed by atoms with Gasteiger partial charge in [0.2, 0.25) is 5.88 Å². The SMILES string of the molecule is C#CCOCC(O)CN(Cc1c(C(C)C)nn(-c2ccc(OC)cc2)c1Oc1ccccc1)C1CC1. The van der Waals surface area contributed by atoms with Crippen molar-refractivity contribution < 1.29 is 19.3 Å². The van der Waals surface area contributed by atoms with Gasteiger partial charge in [0.05, 0.1) is 36.8 Å². The molecular formula is C29H35N3O4. The van der Waals surface area contributed by atoms with E-state index in [1.807, 2.05) is 59.3 Å². The zero-order valence-corrected chi connectivity index (χ0v) is 21.3. The molecule has 1 heterocycles. The van der Waals surface area contributed by atoms with Gasteiger partial charge in [0.1, 0.15) is 18.1 Å². The van der Waals surface area contributed by atoms with Crippen molar-refractivity contribution >= 4 is 0 Å². The lowest BCUT2D eigenvalue weighted by molar-refractivity contribution is 0.0240. The van der Waals surface area contributed by atoms with E-state index >= 15 is 0 Å². The van der Waals surface area contributed by atoms with Crippen molar-refractivity contribution in [2.24, 2.45) is 0 Å². The molecule has 0 aliphatic heterocycles. The van der Waals surface area contributed by atoms with Crippen LogP contribution in [0.15, 0.2) is 54.6 Å². The highest BCUT2D eigenvalue weighted by atomic mass is 16.5. The van der Waals surface area contributed by atoms with E-state index in [0.717, 1.165) is 41.3 Å². The molecule has 1 fully saturated rings. The first-order valence-electron chi connectivity index (χ1n) is 12.4. The van der Waals surface area contributed by atoms with Gasteiger partial charge in [-0.3, -0.25) is 4.90 Å². The Balaban J connectivity index is 1.71. The van der Waals surface area contributed by atoms with E-state index in [1.165, 1.54) is 0 Å². The van der Waals surface area contributed by atoms with Crippen molar-refractivity contribution in [3.05, 3.63) is 65.9 Å². The van der Waals surface area contributed by atoms with E-state index < -0.39 is 6.10 Å². The molecule has 190 valence electrons. The molecule has 0 spiro atoms. The van der Waals surface area contributed by atoms with Gasteiger partial charge in [0, 0.05) is 19.1 Å². The lowest BCUT2D eigenvalue weighted by Crippen LogP contribution is -2.36. The van der Waals surface area contributed by atoms with E-state index in [0.29, 0.717) is 25.0 Å². The predicted molar refractivity (Wildman–Crippen MR) is 140 cm³/mol. The Morgan fingerprint density at radius 2 is 1.83 bits per heavy atom. The molecule has 0 radical (unpaired) electrons. The summed E-state index contributed by atoms with van der Waals surface area (Å²) in [4.78, 5) is 2.31. The fraction of sp³-hybridized carbons (Fsp3) is 0.414. The number of aliphatic hydroxyl groups excluding tert-OH is 1. The minimum atomic E-state index is -0.628. The molecular weight excluding hydrogens is 454 g/mol. The summed E-state index contributed by atoms with van der Waals surface area (Å²) < 4.78 is 19.1. The van der Waals surface area contributed by atoms with Gasteiger partial charge in [-0.25, -0.2) is 4.68 Å². The average Bonchev–Trinajstić information content (AvgIpc) is 3.68. The third-order valence-corrected chi connectivity index (χ3v) is 6.15. The van der Waals surface area contributed by atoms with E-state index in [2.05, 4.69) is 24.7 Å². The van der Waals surface area contributed by atoms with Crippen LogP contribution in [0.2, 0.25) is 0 Å². The maximum Gasteiger partial charge on any atom is 0.227 e. The van der Waals surface area contributed by atoms with Crippen molar-refractivity contribution in [1.29, 1.82) is 0 Å². The van der Waals surface area contributed by atoms with Crippen molar-refractivity contribution in [2.75, 3.05) is 26.9 Å². The molecule has 7 nitrogen and oxygen atoms in total. The Morgan fingerprint density at radius 1 is 1.11 bits per heavy atom. The number of ether oxygens (including phenoxy) is 3. The summed E-state index contributed by atoms with van der Waals surface area (Å²) in [5.74, 6) is 4.83. The van der Waals surface area contributed by atoms with Crippen LogP contribution in [0.4, 0.5) is 0 Å². The fourth-order valence-electron chi connectivity index (χ4n) is 4.23. The van der Waals surface area contributed by atoms with E-state index in [9.17, 15) is 5.11 Å². The highest BCUT2D eigenvalue weighted by molar-refractivity contribution is 5.46. The molecule has 0 saturated heterocycles. The van der Waals surface area contributed by atoms with Crippen LogP contribution in [0.25, 0.3) is 5.69 Å². The maximum absolute atomic E-state index is 10.6. The molecule has 1 aliphatic carbocycles. The zero-order chi connectivity index (χ0) is 25.5. The summed E-state index contributed by atoms with van der Waals surface area (Å²) in [6.07, 6.45) is 6.86. The molecule has 1 aliphatic rings. The van der Waals surface area contributed by atoms with Crippen LogP contribution >= 0.6 is 0 Å². The van der Waals surface area contributed by atoms with Crippen LogP contribution in [0.3, 0.4) is 0 Å². The number of terminal acetylenes is 1. The molecule has 2 aromatic carbocycles. The smallest absolute Gasteiger partial charge is 0.227 e. The molecule has 1 unspecified atom stereocenters. The van der Waals surface area contributed by atoms with Gasteiger partial charge in [-0.05, 0) is 55.2 Å². The second kappa shape index (κ2) is 12.1. The number of hydrogen-bond donors (Lipinski definition) is 1. The van der Waals surface area contributed by atoms with Crippen LogP contribution in [0, 0.1) is 12.3 Å². The van der Waals surface area contributed by atoms with Crippen LogP contribution in [-0.2, 0) is 11.3 Å². The van der Waals surface area contributed by atoms with Crippen LogP contribution in [0.1, 0.15) is 43.9 Å². The fourth-order valence-corrected chi connectivity index (χ4v) is 4.23. The quantitative estimate of drug-likeness (QED) is 0.276. The average molecular weight is 490 g/mol. The molecule has 1 saturated carbocycles. The Kier molecular flexibility index (Phi) is 8.65. The highest BCUT2D eigenvalue weighted by Gasteiger charge is 2.33. The summed E-state index contributed by atoms with van der Waals surface area (Å²) in [5, 5.41) is 15.6. The van der Waals surface area contributed by atoms with E-state index in [1.54, 1.807) is 7.11 Å². The van der Waals surface area contributed by atoms with Crippen molar-refractivity contribution in [3.63, 3.8) is 0 Å². The summed E-state index contributed by atoms with van der Waals surface area (Å²) in [7, 11) is 1.65. The van der Waals surface area contributed by atoms with Gasteiger partial charge >= 0.3 is 0 Å². The lowest BCUT2D eigenvalue weighted by Gasteiger charge is -2.25. The molecule has 3 aromatic rings. The Hall–Kier alpha value is -3.31. The molecule has 4 rings (SSSR count). The molecule has 7 heteroatoms. The normalized spacial score (nSPS) is 14.1. The number of aliphatic hydroxyl groups is 1. The van der Waals surface area contributed by atoms with Gasteiger partial charge in [0.25, 0.3) is 0 Å². The zero-order valence-electron chi connectivity index (χ0n) is 21.3. The van der Waals surface area contributed by atoms with Gasteiger partial charge in [0.15, 0.2) is 0 Å². The molecule has 1 atom stereocenters. The Morgan fingerprint density at radius 3 is 2.44 bits per heavy atom. The third kappa shape index (κ3) is 6.46. The van der Waals surface area contributed by atoms with Crippen LogP contribution < -0.4 is 9.47 Å². The van der Waals surface area contributed by atoms with Crippen molar-refractivity contribution in [1.82, 2.24) is 14.7 Å². The van der Waals surface area contributed by atoms with E-state index in [-0.39, 0.29) is 19.1 Å². The predicted octanol–water partition coefficient (Wildman–Crippen LogP) is 4.77. The topological polar surface area (TPSA) is 69.0 Å². The molecule has 0 bridgehead atoms. The summed E-state index contributed by atoms with van der Waals surface area (Å²) in [6, 6.07) is 18.0. The Bertz CT molecular complexity index is 1150. The number of aromatic nitrogens is 2. The second-order valence-corrected chi connectivity index (χ2v) is 9.38. The maximum atomic E-state index is 10.6. The number of hydrogen-bond acceptors (Lipinski definition) is 6. The van der Waals surface area contributed by atoms with Crippen molar-refractivity contribution in [2.45, 2.75) is 51.3 Å². The first-order chi connectivity index (χ1) is 17.5. The number of rotatable bonds is 13. The molecule has 36 heavy (non-hydrogen) atoms. The van der Waals surface area contributed by atoms with Crippen molar-refractivity contribution in [3.8, 4) is 35.4 Å². The summed E-state index contributed by atoms with van der Waals surface area (Å²) in [6.45, 7) is 5.79. The molecule has 0 amide bonds. The highest BCUT2D eigenvalue weighted by Crippen LogP contribution is 2.37. The number of para-hydroxylation sites is 1. The Labute approximate surface area is 213 Å². The van der Waals surface area contributed by atoms with Gasteiger partial charge in [-0.2, -0.15) is 5.10 Å². The second-order valence-electron chi connectivity index (χ2n) is 9.38. The summed E-state index contributed by atoms with van der Waals surface area (Å²) in [5.41, 5.74) is 2.88. The summed E-state index contributed by atoms with van der Waals surface area (Å²) >= 11 is 0. The number of benzene rings is 2. The first kappa shape index (κ1) is 25.8. The van der Waals surface area contributed by atoms with E-state index in [4.69, 9.17) is 25.7 Å². The lowest BCUT2D eigenvalue weighted by atomic mass is 10.1. The van der Waals surface area contributed by atoms with Gasteiger partial charge in [-0.1, -0.05) is 38.0 Å². The number of nitrogens with zero attached hydrogens (tertiary/aromatic N) is 3. The largest absolute Gasteiger partial charge is 0.497 e. The van der Waals surface area contributed by atoms with Crippen LogP contribution in [-0.4, -0.2) is 58.8 Å². The molecule has 1 N–H and O–H groups in total. The minimum Gasteiger partial charge on any atom is -0.497 e. The monoisotopic (exact) mass is 489 g/mol. The standard InChI is InChI=1S/C29H35N3O4/c1-5-17-35-20-24(33)18-31(22-11-12-22)19-27-28(21(2)3)30-32(23-13-15-25(34-4)16-14-23)29(27)36-26-9-7-6-8-10-26/h1,6-10,13-16,21-22,24,33H,11-12,17-20H2,2-4H3. The number of methoxy groups -OCH3 is 1. The molecule has 1 aromatic heterocycles. The first-order valence-corrected chi connectivity index (χ1v) is 12.4. The van der Waals surface area contributed by atoms with Crippen LogP contribution in [0.5, 0.6) is 17.4 Å². The minimum absolute atomic E-state index is 0.183. The van der Waals surface area contributed by atoms with Gasteiger partial charge < -0.3 is 19.3 Å². The van der Waals surface area contributed by atoms with Gasteiger partial charge in [-0.15, -0.1) is 6.42 Å². The third-order valence-electron chi connectivity index (χ3n) is 6.15.